The van der Waals surface area contributed by atoms with E-state index in [1.54, 1.807) is 12.1 Å². The van der Waals surface area contributed by atoms with Gasteiger partial charge in [0, 0.05) is 31.0 Å². The van der Waals surface area contributed by atoms with Gasteiger partial charge >= 0.3 is 0 Å². The summed E-state index contributed by atoms with van der Waals surface area (Å²) in [6.07, 6.45) is 3.70. The van der Waals surface area contributed by atoms with Crippen LogP contribution < -0.4 is 9.47 Å². The van der Waals surface area contributed by atoms with E-state index in [1.807, 2.05) is 16.6 Å². The summed E-state index contributed by atoms with van der Waals surface area (Å²) in [5.74, 6) is 2.38. The molecule has 2 fully saturated rings. The predicted molar refractivity (Wildman–Crippen MR) is 113 cm³/mol. The Bertz CT molecular complexity index is 1210. The molecule has 2 aromatic heterocycles. The molecule has 2 aliphatic rings. The van der Waals surface area contributed by atoms with Gasteiger partial charge in [-0.2, -0.15) is 13.9 Å². The van der Waals surface area contributed by atoms with Crippen molar-refractivity contribution >= 4 is 15.7 Å². The van der Waals surface area contributed by atoms with Crippen molar-refractivity contribution in [3.63, 3.8) is 0 Å². The summed E-state index contributed by atoms with van der Waals surface area (Å²) in [7, 11) is -0.612. The number of nitrogens with zero attached hydrogens (tertiary/aromatic N) is 5. The van der Waals surface area contributed by atoms with Crippen LogP contribution in [0, 0.1) is 0 Å². The highest BCUT2D eigenvalue weighted by molar-refractivity contribution is 7.89. The Morgan fingerprint density at radius 2 is 1.65 bits per heavy atom. The van der Waals surface area contributed by atoms with Gasteiger partial charge in [0.05, 0.1) is 24.8 Å². The molecule has 0 bridgehead atoms. The summed E-state index contributed by atoms with van der Waals surface area (Å²) in [4.78, 5) is 0.201. The number of piperidine rings is 1. The number of ether oxygens (including phenoxy) is 2. The van der Waals surface area contributed by atoms with Gasteiger partial charge in [0.25, 0.3) is 0 Å². The Morgan fingerprint density at radius 1 is 0.903 bits per heavy atom. The minimum Gasteiger partial charge on any atom is -0.493 e. The molecule has 0 atom stereocenters. The van der Waals surface area contributed by atoms with E-state index in [9.17, 15) is 8.42 Å². The summed E-state index contributed by atoms with van der Waals surface area (Å²) < 4.78 is 40.2. The first-order valence-corrected chi connectivity index (χ1v) is 11.9. The second kappa shape index (κ2) is 7.76. The average molecular weight is 444 g/mol. The van der Waals surface area contributed by atoms with Crippen molar-refractivity contribution in [3.05, 3.63) is 41.9 Å². The lowest BCUT2D eigenvalue weighted by atomic mass is 9.97. The highest BCUT2D eigenvalue weighted by Gasteiger charge is 2.33. The van der Waals surface area contributed by atoms with Crippen LogP contribution in [0.15, 0.2) is 35.2 Å². The van der Waals surface area contributed by atoms with Crippen molar-refractivity contribution < 1.29 is 17.9 Å². The molecule has 1 aromatic carbocycles. The SMILES string of the molecule is COc1ccc(S(=O)(=O)N2CCC(c3nnc4ccc(C5CC5)nn34)CC2)cc1OC. The van der Waals surface area contributed by atoms with Gasteiger partial charge in [0.2, 0.25) is 10.0 Å². The Kier molecular flexibility index (Phi) is 5.05. The molecule has 0 unspecified atom stereocenters. The van der Waals surface area contributed by atoms with E-state index >= 15 is 0 Å². The fraction of sp³-hybridized carbons (Fsp3) is 0.476. The Hall–Kier alpha value is -2.72. The molecule has 0 radical (unpaired) electrons. The normalized spacial score (nSPS) is 18.4. The first-order valence-electron chi connectivity index (χ1n) is 10.5. The third-order valence-corrected chi connectivity index (χ3v) is 8.01. The van der Waals surface area contributed by atoms with E-state index in [2.05, 4.69) is 10.2 Å². The molecule has 9 nitrogen and oxygen atoms in total. The quantitative estimate of drug-likeness (QED) is 0.577. The Morgan fingerprint density at radius 3 is 2.32 bits per heavy atom. The molecule has 0 N–H and O–H groups in total. The third-order valence-electron chi connectivity index (χ3n) is 6.12. The van der Waals surface area contributed by atoms with E-state index in [0.717, 1.165) is 17.2 Å². The average Bonchev–Trinajstić information content (AvgIpc) is 3.57. The first kappa shape index (κ1) is 20.2. The highest BCUT2D eigenvalue weighted by atomic mass is 32.2. The lowest BCUT2D eigenvalue weighted by Gasteiger charge is -2.30. The van der Waals surface area contributed by atoms with Crippen LogP contribution in [0.3, 0.4) is 0 Å². The zero-order valence-electron chi connectivity index (χ0n) is 17.6. The monoisotopic (exact) mass is 443 g/mol. The summed E-state index contributed by atoms with van der Waals surface area (Å²) in [5, 5.41) is 13.4. The summed E-state index contributed by atoms with van der Waals surface area (Å²) in [5.41, 5.74) is 1.82. The van der Waals surface area contributed by atoms with E-state index in [-0.39, 0.29) is 10.8 Å². The van der Waals surface area contributed by atoms with Gasteiger partial charge in [-0.1, -0.05) is 0 Å². The van der Waals surface area contributed by atoms with Crippen molar-refractivity contribution in [2.24, 2.45) is 0 Å². The fourth-order valence-corrected chi connectivity index (χ4v) is 5.64. The van der Waals surface area contributed by atoms with Crippen LogP contribution in [0.2, 0.25) is 0 Å². The number of fused-ring (bicyclic) bond motifs is 1. The molecule has 3 heterocycles. The molecule has 3 aromatic rings. The van der Waals surface area contributed by atoms with Crippen LogP contribution in [-0.4, -0.2) is 59.8 Å². The second-order valence-corrected chi connectivity index (χ2v) is 9.99. The molecule has 10 heteroatoms. The topological polar surface area (TPSA) is 98.9 Å². The van der Waals surface area contributed by atoms with Gasteiger partial charge in [-0.25, -0.2) is 8.42 Å². The molecule has 5 rings (SSSR count). The number of aromatic nitrogens is 4. The first-order chi connectivity index (χ1) is 15.0. The van der Waals surface area contributed by atoms with Gasteiger partial charge in [-0.3, -0.25) is 0 Å². The fourth-order valence-electron chi connectivity index (χ4n) is 4.15. The molecule has 1 saturated heterocycles. The van der Waals surface area contributed by atoms with Crippen LogP contribution in [0.5, 0.6) is 11.5 Å². The van der Waals surface area contributed by atoms with E-state index in [1.165, 1.54) is 37.4 Å². The standard InChI is InChI=1S/C21H25N5O4S/c1-29-18-7-5-16(13-19(18)30-2)31(27,28)25-11-9-15(10-12-25)21-23-22-20-8-6-17(14-3-4-14)24-26(20)21/h5-8,13-15H,3-4,9-12H2,1-2H3. The lowest BCUT2D eigenvalue weighted by Crippen LogP contribution is -2.38. The minimum atomic E-state index is -3.62. The van der Waals surface area contributed by atoms with Crippen molar-refractivity contribution in [2.75, 3.05) is 27.3 Å². The van der Waals surface area contributed by atoms with Crippen molar-refractivity contribution in [2.45, 2.75) is 42.4 Å². The van der Waals surface area contributed by atoms with Gasteiger partial charge in [-0.15, -0.1) is 10.2 Å². The lowest BCUT2D eigenvalue weighted by molar-refractivity contribution is 0.311. The molecular formula is C21H25N5O4S. The highest BCUT2D eigenvalue weighted by Crippen LogP contribution is 2.39. The maximum atomic E-state index is 13.2. The zero-order chi connectivity index (χ0) is 21.6. The predicted octanol–water partition coefficient (Wildman–Crippen LogP) is 2.59. The summed E-state index contributed by atoms with van der Waals surface area (Å²) in [6.45, 7) is 0.831. The molecule has 1 saturated carbocycles. The molecule has 1 aliphatic heterocycles. The van der Waals surface area contributed by atoms with E-state index in [0.29, 0.717) is 43.3 Å². The van der Waals surface area contributed by atoms with Crippen LogP contribution >= 0.6 is 0 Å². The largest absolute Gasteiger partial charge is 0.493 e. The number of benzene rings is 1. The Labute approximate surface area is 181 Å². The number of methoxy groups -OCH3 is 2. The maximum absolute atomic E-state index is 13.2. The van der Waals surface area contributed by atoms with Crippen LogP contribution in [0.4, 0.5) is 0 Å². The summed E-state index contributed by atoms with van der Waals surface area (Å²) >= 11 is 0. The van der Waals surface area contributed by atoms with Crippen molar-refractivity contribution in [1.82, 2.24) is 24.1 Å². The third kappa shape index (κ3) is 3.63. The van der Waals surface area contributed by atoms with E-state index < -0.39 is 10.0 Å². The van der Waals surface area contributed by atoms with Gasteiger partial charge in [-0.05, 0) is 49.9 Å². The van der Waals surface area contributed by atoms with Gasteiger partial charge in [0.15, 0.2) is 23.0 Å². The van der Waals surface area contributed by atoms with Crippen LogP contribution in [0.25, 0.3) is 5.65 Å². The number of hydrogen-bond donors (Lipinski definition) is 0. The number of sulfonamides is 1. The van der Waals surface area contributed by atoms with Crippen LogP contribution in [-0.2, 0) is 10.0 Å². The molecule has 31 heavy (non-hydrogen) atoms. The number of hydrogen-bond acceptors (Lipinski definition) is 7. The minimum absolute atomic E-state index is 0.119. The zero-order valence-corrected chi connectivity index (χ0v) is 18.4. The smallest absolute Gasteiger partial charge is 0.243 e. The second-order valence-electron chi connectivity index (χ2n) is 8.06. The molecule has 0 amide bonds. The number of rotatable bonds is 6. The van der Waals surface area contributed by atoms with Gasteiger partial charge < -0.3 is 9.47 Å². The van der Waals surface area contributed by atoms with Crippen molar-refractivity contribution in [3.8, 4) is 11.5 Å². The molecule has 164 valence electrons. The molecule has 1 aliphatic carbocycles. The van der Waals surface area contributed by atoms with E-state index in [4.69, 9.17) is 14.6 Å². The molecular weight excluding hydrogens is 418 g/mol. The van der Waals surface area contributed by atoms with Crippen molar-refractivity contribution in [1.29, 1.82) is 0 Å². The molecule has 0 spiro atoms. The maximum Gasteiger partial charge on any atom is 0.243 e. The van der Waals surface area contributed by atoms with Gasteiger partial charge in [0.1, 0.15) is 0 Å². The summed E-state index contributed by atoms with van der Waals surface area (Å²) in [6, 6.07) is 8.68. The Balaban J connectivity index is 1.34. The van der Waals surface area contributed by atoms with Crippen LogP contribution in [0.1, 0.15) is 49.0 Å².